The average Bonchev–Trinajstić information content (AvgIpc) is 2.55. The first-order valence-corrected chi connectivity index (χ1v) is 7.20. The Bertz CT molecular complexity index is 672. The molecule has 2 aromatic rings. The highest BCUT2D eigenvalue weighted by atomic mass is 16.5. The largest absolute Gasteiger partial charge is 0.487 e. The Morgan fingerprint density at radius 2 is 2.00 bits per heavy atom. The van der Waals surface area contributed by atoms with Gasteiger partial charge in [0.05, 0.1) is 11.4 Å². The molecule has 0 saturated carbocycles. The zero-order valence-corrected chi connectivity index (χ0v) is 12.7. The number of anilines is 1. The summed E-state index contributed by atoms with van der Waals surface area (Å²) in [7, 11) is 0. The second-order valence-corrected chi connectivity index (χ2v) is 5.15. The number of carbonyl (C=O) groups excluding carboxylic acids is 1. The van der Waals surface area contributed by atoms with Crippen molar-refractivity contribution in [3.8, 4) is 5.75 Å². The molecular weight excluding hydrogens is 296 g/mol. The lowest BCUT2D eigenvalue weighted by Gasteiger charge is -2.17. The van der Waals surface area contributed by atoms with Gasteiger partial charge < -0.3 is 9.84 Å². The molecule has 0 aliphatic carbocycles. The van der Waals surface area contributed by atoms with Crippen LogP contribution in [-0.2, 0) is 13.0 Å². The Labute approximate surface area is 134 Å². The van der Waals surface area contributed by atoms with Crippen LogP contribution in [0.2, 0.25) is 0 Å². The predicted octanol–water partition coefficient (Wildman–Crippen LogP) is 3.09. The van der Waals surface area contributed by atoms with Gasteiger partial charge >= 0.3 is 0 Å². The van der Waals surface area contributed by atoms with Gasteiger partial charge in [-0.2, -0.15) is 0 Å². The second kappa shape index (κ2) is 8.05. The van der Waals surface area contributed by atoms with Gasteiger partial charge in [0.25, 0.3) is 0 Å². The van der Waals surface area contributed by atoms with Crippen LogP contribution in [0, 0.1) is 4.91 Å². The first kappa shape index (κ1) is 16.6. The minimum absolute atomic E-state index is 0.203. The van der Waals surface area contributed by atoms with E-state index in [-0.39, 0.29) is 6.42 Å². The van der Waals surface area contributed by atoms with Crippen molar-refractivity contribution >= 4 is 12.0 Å². The fourth-order valence-corrected chi connectivity index (χ4v) is 2.29. The van der Waals surface area contributed by atoms with Crippen molar-refractivity contribution in [3.63, 3.8) is 0 Å². The number of nitroso groups, excluding NO2 is 1. The van der Waals surface area contributed by atoms with Crippen LogP contribution in [0.4, 0.5) is 5.69 Å². The molecule has 6 nitrogen and oxygen atoms in total. The molecule has 1 atom stereocenters. The Hall–Kier alpha value is -2.73. The molecule has 120 valence electrons. The molecule has 0 aromatic heterocycles. The summed E-state index contributed by atoms with van der Waals surface area (Å²) in [5.41, 5.74) is 4.49. The third-order valence-electron chi connectivity index (χ3n) is 3.33. The lowest BCUT2D eigenvalue weighted by molar-refractivity contribution is 0.112. The summed E-state index contributed by atoms with van der Waals surface area (Å²) in [4.78, 5) is 21.9. The number of aldehydes is 1. The van der Waals surface area contributed by atoms with E-state index in [0.717, 1.165) is 5.56 Å². The fourth-order valence-electron chi connectivity index (χ4n) is 2.29. The normalized spacial score (nSPS) is 11.6. The third kappa shape index (κ3) is 4.37. The molecular formula is C17H18N2O4. The molecule has 0 radical (unpaired) electrons. The maximum Gasteiger partial charge on any atom is 0.150 e. The van der Waals surface area contributed by atoms with E-state index in [4.69, 9.17) is 4.74 Å². The van der Waals surface area contributed by atoms with E-state index in [0.29, 0.717) is 35.5 Å². The Morgan fingerprint density at radius 1 is 1.26 bits per heavy atom. The number of hydrogen-bond donors (Lipinski definition) is 2. The first-order chi connectivity index (χ1) is 11.2. The van der Waals surface area contributed by atoms with E-state index in [9.17, 15) is 14.8 Å². The molecule has 0 amide bonds. The minimum atomic E-state index is -0.676. The average molecular weight is 314 g/mol. The number of carbonyl (C=O) groups is 1. The molecule has 23 heavy (non-hydrogen) atoms. The van der Waals surface area contributed by atoms with Crippen molar-refractivity contribution in [2.75, 3.05) is 5.43 Å². The zero-order chi connectivity index (χ0) is 16.7. The standard InChI is InChI=1S/C17H18N2O4/c1-12(21)9-15-14(10-20)7-8-16(17(15)18-19-22)23-11-13-5-3-2-4-6-13/h2-8,10,12,21H,9,11H2,1H3,(H,18,22)/t12-/m0/s1. The number of hydrogen-bond acceptors (Lipinski definition) is 5. The molecule has 0 aliphatic rings. The summed E-state index contributed by atoms with van der Waals surface area (Å²) in [5.74, 6) is 0.398. The molecule has 2 N–H and O–H groups in total. The van der Waals surface area contributed by atoms with Gasteiger partial charge in [0.1, 0.15) is 24.3 Å². The van der Waals surface area contributed by atoms with E-state index in [1.54, 1.807) is 19.1 Å². The molecule has 0 fully saturated rings. The fraction of sp³-hybridized carbons (Fsp3) is 0.235. The molecule has 2 aromatic carbocycles. The van der Waals surface area contributed by atoms with Crippen LogP contribution in [0.5, 0.6) is 5.75 Å². The summed E-state index contributed by atoms with van der Waals surface area (Å²) in [6.07, 6.45) is 0.202. The van der Waals surface area contributed by atoms with Crippen LogP contribution in [0.25, 0.3) is 0 Å². The van der Waals surface area contributed by atoms with Crippen LogP contribution < -0.4 is 10.2 Å². The minimum Gasteiger partial charge on any atom is -0.487 e. The zero-order valence-electron chi connectivity index (χ0n) is 12.7. The SMILES string of the molecule is C[C@H](O)Cc1c(C=O)ccc(OCc2ccccc2)c1NN=O. The van der Waals surface area contributed by atoms with Gasteiger partial charge in [0, 0.05) is 12.0 Å². The van der Waals surface area contributed by atoms with Crippen LogP contribution in [-0.4, -0.2) is 17.5 Å². The molecule has 0 bridgehead atoms. The summed E-state index contributed by atoms with van der Waals surface area (Å²) in [6.45, 7) is 1.91. The molecule has 0 aliphatic heterocycles. The number of aliphatic hydroxyl groups is 1. The topological polar surface area (TPSA) is 88.0 Å². The number of aliphatic hydroxyl groups excluding tert-OH is 1. The third-order valence-corrected chi connectivity index (χ3v) is 3.33. The van der Waals surface area contributed by atoms with Crippen LogP contribution in [0.1, 0.15) is 28.4 Å². The van der Waals surface area contributed by atoms with Gasteiger partial charge in [-0.3, -0.25) is 4.79 Å². The van der Waals surface area contributed by atoms with Crippen LogP contribution in [0.15, 0.2) is 47.8 Å². The second-order valence-electron chi connectivity index (χ2n) is 5.15. The Morgan fingerprint density at radius 3 is 2.61 bits per heavy atom. The van der Waals surface area contributed by atoms with E-state index in [1.165, 1.54) is 0 Å². The van der Waals surface area contributed by atoms with E-state index in [2.05, 4.69) is 10.7 Å². The van der Waals surface area contributed by atoms with Gasteiger partial charge in [0.15, 0.2) is 0 Å². The number of ether oxygens (including phenoxy) is 1. The number of nitrogens with zero attached hydrogens (tertiary/aromatic N) is 1. The molecule has 0 spiro atoms. The van der Waals surface area contributed by atoms with Crippen molar-refractivity contribution < 1.29 is 14.6 Å². The van der Waals surface area contributed by atoms with Gasteiger partial charge in [0.2, 0.25) is 0 Å². The Kier molecular flexibility index (Phi) is 5.82. The van der Waals surface area contributed by atoms with Crippen LogP contribution in [0.3, 0.4) is 0 Å². The summed E-state index contributed by atoms with van der Waals surface area (Å²) in [6, 6.07) is 12.8. The van der Waals surface area contributed by atoms with Crippen molar-refractivity contribution in [1.82, 2.24) is 0 Å². The smallest absolute Gasteiger partial charge is 0.150 e. The van der Waals surface area contributed by atoms with E-state index >= 15 is 0 Å². The van der Waals surface area contributed by atoms with Gasteiger partial charge in [-0.25, -0.2) is 5.43 Å². The summed E-state index contributed by atoms with van der Waals surface area (Å²) >= 11 is 0. The van der Waals surface area contributed by atoms with Gasteiger partial charge in [-0.1, -0.05) is 30.3 Å². The first-order valence-electron chi connectivity index (χ1n) is 7.20. The van der Waals surface area contributed by atoms with E-state index < -0.39 is 6.10 Å². The highest BCUT2D eigenvalue weighted by Crippen LogP contribution is 2.32. The lowest BCUT2D eigenvalue weighted by Crippen LogP contribution is -2.10. The molecule has 0 heterocycles. The van der Waals surface area contributed by atoms with Gasteiger partial charge in [-0.15, -0.1) is 4.91 Å². The highest BCUT2D eigenvalue weighted by molar-refractivity contribution is 5.83. The molecule has 2 rings (SSSR count). The molecule has 6 heteroatoms. The summed E-state index contributed by atoms with van der Waals surface area (Å²) in [5, 5.41) is 12.3. The number of benzene rings is 2. The Balaban J connectivity index is 2.33. The predicted molar refractivity (Wildman–Crippen MR) is 87.4 cm³/mol. The lowest BCUT2D eigenvalue weighted by atomic mass is 10.00. The summed E-state index contributed by atoms with van der Waals surface area (Å²) < 4.78 is 5.74. The maximum atomic E-state index is 11.2. The van der Waals surface area contributed by atoms with Crippen LogP contribution >= 0.6 is 0 Å². The van der Waals surface area contributed by atoms with Crippen molar-refractivity contribution in [2.45, 2.75) is 26.1 Å². The van der Waals surface area contributed by atoms with Crippen molar-refractivity contribution in [3.05, 3.63) is 64.1 Å². The highest BCUT2D eigenvalue weighted by Gasteiger charge is 2.16. The number of rotatable bonds is 8. The maximum absolute atomic E-state index is 11.2. The molecule has 0 unspecified atom stereocenters. The monoisotopic (exact) mass is 314 g/mol. The quantitative estimate of drug-likeness (QED) is 0.444. The van der Waals surface area contributed by atoms with Crippen molar-refractivity contribution in [2.24, 2.45) is 5.29 Å². The van der Waals surface area contributed by atoms with Crippen molar-refractivity contribution in [1.29, 1.82) is 0 Å². The molecule has 0 saturated heterocycles. The van der Waals surface area contributed by atoms with E-state index in [1.807, 2.05) is 30.3 Å². The van der Waals surface area contributed by atoms with Gasteiger partial charge in [-0.05, 0) is 30.2 Å². The number of nitrogens with one attached hydrogen (secondary N) is 1.